The molecule has 0 aliphatic heterocycles. The zero-order valence-electron chi connectivity index (χ0n) is 21.8. The Morgan fingerprint density at radius 2 is 1.05 bits per heavy atom. The van der Waals surface area contributed by atoms with E-state index in [1.807, 2.05) is 0 Å². The summed E-state index contributed by atoms with van der Waals surface area (Å²) in [5.41, 5.74) is 7.44. The summed E-state index contributed by atoms with van der Waals surface area (Å²) in [4.78, 5) is 2.37. The molecule has 2 nitrogen and oxygen atoms in total. The van der Waals surface area contributed by atoms with Crippen molar-refractivity contribution in [3.63, 3.8) is 0 Å². The molecule has 8 aromatic rings. The Kier molecular flexibility index (Phi) is 5.17. The van der Waals surface area contributed by atoms with Crippen LogP contribution in [0.4, 0.5) is 17.1 Å². The standard InChI is InChI=1S/C38H25NO/c1-3-13-26(14-4-1)29-18-11-12-22-33(29)39(28-16-5-2-6-17-28)34-25-36-38(32-21-10-9-20-31(32)34)37-30-19-8-7-15-27(30)23-24-35(37)40-36/h1-25H. The molecule has 8 rings (SSSR count). The van der Waals surface area contributed by atoms with Gasteiger partial charge in [-0.25, -0.2) is 0 Å². The summed E-state index contributed by atoms with van der Waals surface area (Å²) in [7, 11) is 0. The van der Waals surface area contributed by atoms with Crippen molar-refractivity contribution in [3.05, 3.63) is 152 Å². The molecule has 0 aliphatic carbocycles. The van der Waals surface area contributed by atoms with E-state index in [9.17, 15) is 0 Å². The average molecular weight is 512 g/mol. The lowest BCUT2D eigenvalue weighted by Crippen LogP contribution is -2.11. The van der Waals surface area contributed by atoms with Gasteiger partial charge in [0.25, 0.3) is 0 Å². The van der Waals surface area contributed by atoms with Gasteiger partial charge in [-0.3, -0.25) is 0 Å². The number of anilines is 3. The molecule has 0 unspecified atom stereocenters. The van der Waals surface area contributed by atoms with Gasteiger partial charge in [0.05, 0.1) is 11.4 Å². The van der Waals surface area contributed by atoms with Crippen LogP contribution in [0.25, 0.3) is 54.6 Å². The van der Waals surface area contributed by atoms with Gasteiger partial charge in [-0.1, -0.05) is 121 Å². The molecule has 7 aromatic carbocycles. The molecule has 0 aliphatic rings. The number of nitrogens with zero attached hydrogens (tertiary/aromatic N) is 1. The maximum absolute atomic E-state index is 6.62. The summed E-state index contributed by atoms with van der Waals surface area (Å²) in [5, 5.41) is 7.13. The van der Waals surface area contributed by atoms with Crippen molar-refractivity contribution < 1.29 is 4.42 Å². The van der Waals surface area contributed by atoms with Crippen LogP contribution in [0.5, 0.6) is 0 Å². The maximum atomic E-state index is 6.62. The fraction of sp³-hybridized carbons (Fsp3) is 0. The molecular formula is C38H25NO. The first-order valence-electron chi connectivity index (χ1n) is 13.6. The Morgan fingerprint density at radius 1 is 0.425 bits per heavy atom. The minimum atomic E-state index is 0.887. The number of rotatable bonds is 4. The highest BCUT2D eigenvalue weighted by atomic mass is 16.3. The molecule has 188 valence electrons. The molecule has 0 N–H and O–H groups in total. The van der Waals surface area contributed by atoms with Crippen LogP contribution < -0.4 is 4.90 Å². The monoisotopic (exact) mass is 511 g/mol. The quantitative estimate of drug-likeness (QED) is 0.234. The maximum Gasteiger partial charge on any atom is 0.138 e. The van der Waals surface area contributed by atoms with Crippen molar-refractivity contribution >= 4 is 60.5 Å². The Balaban J connectivity index is 1.49. The molecule has 0 spiro atoms. The van der Waals surface area contributed by atoms with E-state index in [2.05, 4.69) is 157 Å². The van der Waals surface area contributed by atoms with Crippen molar-refractivity contribution in [1.29, 1.82) is 0 Å². The van der Waals surface area contributed by atoms with Gasteiger partial charge in [-0.05, 0) is 46.0 Å². The lowest BCUT2D eigenvalue weighted by molar-refractivity contribution is 0.669. The van der Waals surface area contributed by atoms with Crippen molar-refractivity contribution in [3.8, 4) is 11.1 Å². The normalized spacial score (nSPS) is 11.5. The summed E-state index contributed by atoms with van der Waals surface area (Å²) >= 11 is 0. The van der Waals surface area contributed by atoms with Crippen molar-refractivity contribution in [1.82, 2.24) is 0 Å². The van der Waals surface area contributed by atoms with Crippen LogP contribution in [0, 0.1) is 0 Å². The highest BCUT2D eigenvalue weighted by Crippen LogP contribution is 2.47. The van der Waals surface area contributed by atoms with Crippen LogP contribution in [-0.4, -0.2) is 0 Å². The fourth-order valence-electron chi connectivity index (χ4n) is 6.08. The van der Waals surface area contributed by atoms with Gasteiger partial charge in [0, 0.05) is 33.5 Å². The predicted molar refractivity (Wildman–Crippen MR) is 169 cm³/mol. The summed E-state index contributed by atoms with van der Waals surface area (Å²) in [6.45, 7) is 0. The van der Waals surface area contributed by atoms with Crippen LogP contribution in [0.15, 0.2) is 156 Å². The molecule has 0 amide bonds. The molecule has 0 saturated carbocycles. The Hall–Kier alpha value is -5.34. The Bertz CT molecular complexity index is 2160. The van der Waals surface area contributed by atoms with E-state index in [-0.39, 0.29) is 0 Å². The van der Waals surface area contributed by atoms with Crippen molar-refractivity contribution in [2.24, 2.45) is 0 Å². The predicted octanol–water partition coefficient (Wildman–Crippen LogP) is 11.0. The number of hydrogen-bond donors (Lipinski definition) is 0. The molecule has 0 saturated heterocycles. The number of para-hydroxylation sites is 2. The molecule has 2 heteroatoms. The van der Waals surface area contributed by atoms with E-state index in [1.54, 1.807) is 0 Å². The smallest absolute Gasteiger partial charge is 0.138 e. The van der Waals surface area contributed by atoms with Crippen LogP contribution >= 0.6 is 0 Å². The lowest BCUT2D eigenvalue weighted by atomic mass is 9.97. The van der Waals surface area contributed by atoms with E-state index in [1.165, 1.54) is 38.1 Å². The van der Waals surface area contributed by atoms with Gasteiger partial charge in [-0.2, -0.15) is 0 Å². The fourth-order valence-corrected chi connectivity index (χ4v) is 6.08. The van der Waals surface area contributed by atoms with Crippen LogP contribution in [-0.2, 0) is 0 Å². The molecular weight excluding hydrogens is 486 g/mol. The number of furan rings is 1. The largest absolute Gasteiger partial charge is 0.456 e. The molecule has 1 aromatic heterocycles. The summed E-state index contributed by atoms with van der Waals surface area (Å²) in [6.07, 6.45) is 0. The second-order valence-corrected chi connectivity index (χ2v) is 10.1. The van der Waals surface area contributed by atoms with E-state index >= 15 is 0 Å². The van der Waals surface area contributed by atoms with E-state index < -0.39 is 0 Å². The molecule has 40 heavy (non-hydrogen) atoms. The molecule has 0 atom stereocenters. The minimum Gasteiger partial charge on any atom is -0.456 e. The van der Waals surface area contributed by atoms with E-state index in [0.29, 0.717) is 0 Å². The first-order valence-corrected chi connectivity index (χ1v) is 13.6. The van der Waals surface area contributed by atoms with E-state index in [0.717, 1.165) is 33.6 Å². The summed E-state index contributed by atoms with van der Waals surface area (Å²) in [6, 6.07) is 53.6. The van der Waals surface area contributed by atoms with Crippen molar-refractivity contribution in [2.75, 3.05) is 4.90 Å². The second kappa shape index (κ2) is 9.14. The second-order valence-electron chi connectivity index (χ2n) is 10.1. The van der Waals surface area contributed by atoms with Crippen LogP contribution in [0.3, 0.4) is 0 Å². The highest BCUT2D eigenvalue weighted by Gasteiger charge is 2.22. The van der Waals surface area contributed by atoms with Crippen LogP contribution in [0.1, 0.15) is 0 Å². The Morgan fingerprint density at radius 3 is 1.88 bits per heavy atom. The highest BCUT2D eigenvalue weighted by molar-refractivity contribution is 6.28. The molecule has 0 bridgehead atoms. The van der Waals surface area contributed by atoms with Crippen molar-refractivity contribution in [2.45, 2.75) is 0 Å². The zero-order valence-corrected chi connectivity index (χ0v) is 21.8. The van der Waals surface area contributed by atoms with Crippen LogP contribution in [0.2, 0.25) is 0 Å². The lowest BCUT2D eigenvalue weighted by Gasteiger charge is -2.29. The van der Waals surface area contributed by atoms with Gasteiger partial charge < -0.3 is 9.32 Å². The first kappa shape index (κ1) is 22.6. The Labute approximate surface area is 232 Å². The molecule has 0 fully saturated rings. The molecule has 0 radical (unpaired) electrons. The van der Waals surface area contributed by atoms with Gasteiger partial charge in [0.2, 0.25) is 0 Å². The first-order chi connectivity index (χ1) is 19.9. The molecule has 1 heterocycles. The number of benzene rings is 7. The summed E-state index contributed by atoms with van der Waals surface area (Å²) in [5.74, 6) is 0. The zero-order chi connectivity index (χ0) is 26.5. The number of hydrogen-bond acceptors (Lipinski definition) is 2. The van der Waals surface area contributed by atoms with Gasteiger partial charge in [-0.15, -0.1) is 0 Å². The minimum absolute atomic E-state index is 0.887. The third-order valence-electron chi connectivity index (χ3n) is 7.83. The third-order valence-corrected chi connectivity index (χ3v) is 7.83. The SMILES string of the molecule is c1ccc(-c2ccccc2N(c2ccccc2)c2cc3oc4ccc5ccccc5c4c3c3ccccc23)cc1. The number of fused-ring (bicyclic) bond motifs is 7. The van der Waals surface area contributed by atoms with E-state index in [4.69, 9.17) is 4.42 Å². The summed E-state index contributed by atoms with van der Waals surface area (Å²) < 4.78 is 6.62. The van der Waals surface area contributed by atoms with Gasteiger partial charge in [0.15, 0.2) is 0 Å². The topological polar surface area (TPSA) is 16.4 Å². The van der Waals surface area contributed by atoms with Gasteiger partial charge in [0.1, 0.15) is 11.2 Å². The average Bonchev–Trinajstić information content (AvgIpc) is 3.42. The third kappa shape index (κ3) is 3.50. The van der Waals surface area contributed by atoms with Gasteiger partial charge >= 0.3 is 0 Å².